The molecular formula is C26H39Cl2N5O4Si. The number of hydrogen-bond donors (Lipinski definition) is 2. The van der Waals surface area contributed by atoms with E-state index >= 15 is 0 Å². The highest BCUT2D eigenvalue weighted by atomic mass is 35.5. The Kier molecular flexibility index (Phi) is 9.78. The number of nitrogens with zero attached hydrogens (tertiary/aromatic N) is 3. The van der Waals surface area contributed by atoms with Crippen LogP contribution in [-0.4, -0.2) is 66.1 Å². The predicted molar refractivity (Wildman–Crippen MR) is 154 cm³/mol. The molecule has 0 spiro atoms. The molecule has 0 atom stereocenters. The Morgan fingerprint density at radius 3 is 2.45 bits per heavy atom. The van der Waals surface area contributed by atoms with Crippen LogP contribution in [-0.2, 0) is 16.2 Å². The van der Waals surface area contributed by atoms with Gasteiger partial charge in [0.25, 0.3) is 5.91 Å². The minimum Gasteiger partial charge on any atom is -0.444 e. The van der Waals surface area contributed by atoms with Gasteiger partial charge >= 0.3 is 6.09 Å². The first-order chi connectivity index (χ1) is 17.7. The Balaban J connectivity index is 1.77. The fraction of sp³-hybridized carbons (Fsp3) is 0.577. The van der Waals surface area contributed by atoms with E-state index in [0.29, 0.717) is 53.8 Å². The molecule has 1 aliphatic heterocycles. The number of nitrogens with one attached hydrogen (secondary N) is 1. The number of amides is 2. The number of piperidine rings is 1. The number of hydrogen-bond acceptors (Lipinski definition) is 6. The van der Waals surface area contributed by atoms with Crippen molar-refractivity contribution >= 4 is 49.0 Å². The molecule has 2 aromatic rings. The maximum absolute atomic E-state index is 13.5. The molecule has 0 aliphatic carbocycles. The highest BCUT2D eigenvalue weighted by Crippen LogP contribution is 2.37. The number of nitrogen functional groups attached to an aromatic ring is 1. The number of anilines is 1. The topological polar surface area (TPSA) is 112 Å². The van der Waals surface area contributed by atoms with Crippen molar-refractivity contribution in [3.8, 4) is 11.3 Å². The van der Waals surface area contributed by atoms with Gasteiger partial charge in [-0.2, -0.15) is 5.10 Å². The molecule has 3 rings (SSSR count). The first kappa shape index (κ1) is 30.3. The average Bonchev–Trinajstić information content (AvgIpc) is 3.13. The first-order valence-corrected chi connectivity index (χ1v) is 17.3. The third-order valence-corrected chi connectivity index (χ3v) is 8.63. The van der Waals surface area contributed by atoms with Crippen LogP contribution in [0.4, 0.5) is 10.5 Å². The predicted octanol–water partition coefficient (Wildman–Crippen LogP) is 5.88. The Morgan fingerprint density at radius 2 is 1.84 bits per heavy atom. The fourth-order valence-corrected chi connectivity index (χ4v) is 5.16. The van der Waals surface area contributed by atoms with E-state index in [2.05, 4.69) is 30.1 Å². The molecule has 0 radical (unpaired) electrons. The van der Waals surface area contributed by atoms with E-state index in [1.807, 2.05) is 20.8 Å². The second-order valence-electron chi connectivity index (χ2n) is 11.8. The molecule has 1 aliphatic rings. The second kappa shape index (κ2) is 12.3. The lowest BCUT2D eigenvalue weighted by atomic mass is 10.0. The number of carbonyl (C=O) groups excluding carboxylic acids is 2. The number of likely N-dealkylation sites (tertiary alicyclic amines) is 1. The number of halogens is 2. The molecule has 2 heterocycles. The highest BCUT2D eigenvalue weighted by molar-refractivity contribution is 6.76. The van der Waals surface area contributed by atoms with E-state index in [9.17, 15) is 9.59 Å². The van der Waals surface area contributed by atoms with Crippen LogP contribution >= 0.6 is 23.2 Å². The molecular weight excluding hydrogens is 545 g/mol. The maximum Gasteiger partial charge on any atom is 0.410 e. The van der Waals surface area contributed by atoms with Gasteiger partial charge in [0.1, 0.15) is 18.0 Å². The summed E-state index contributed by atoms with van der Waals surface area (Å²) < 4.78 is 12.8. The van der Waals surface area contributed by atoms with E-state index < -0.39 is 13.7 Å². The third kappa shape index (κ3) is 8.11. The molecule has 2 amide bonds. The van der Waals surface area contributed by atoms with Gasteiger partial charge in [0.05, 0.1) is 15.7 Å². The third-order valence-electron chi connectivity index (χ3n) is 6.10. The van der Waals surface area contributed by atoms with Crippen LogP contribution in [0.5, 0.6) is 0 Å². The quantitative estimate of drug-likeness (QED) is 0.296. The number of benzene rings is 1. The maximum atomic E-state index is 13.5. The summed E-state index contributed by atoms with van der Waals surface area (Å²) in [5, 5.41) is 8.35. The zero-order chi connectivity index (χ0) is 28.3. The van der Waals surface area contributed by atoms with Gasteiger partial charge in [0.15, 0.2) is 5.69 Å². The molecule has 1 saturated heterocycles. The normalized spacial score (nSPS) is 15.0. The number of nitrogens with two attached hydrogens (primary N) is 1. The van der Waals surface area contributed by atoms with Crippen molar-refractivity contribution in [2.45, 2.75) is 77.7 Å². The molecule has 0 saturated carbocycles. The van der Waals surface area contributed by atoms with Gasteiger partial charge in [-0.25, -0.2) is 9.48 Å². The summed E-state index contributed by atoms with van der Waals surface area (Å²) >= 11 is 12.7. The smallest absolute Gasteiger partial charge is 0.410 e. The molecule has 210 valence electrons. The Bertz CT molecular complexity index is 1150. The minimum atomic E-state index is -1.29. The van der Waals surface area contributed by atoms with Crippen molar-refractivity contribution in [2.24, 2.45) is 0 Å². The Morgan fingerprint density at radius 1 is 1.18 bits per heavy atom. The lowest BCUT2D eigenvalue weighted by molar-refractivity contribution is 0.0199. The van der Waals surface area contributed by atoms with Crippen LogP contribution < -0.4 is 11.1 Å². The number of rotatable bonds is 8. The van der Waals surface area contributed by atoms with Crippen molar-refractivity contribution in [3.63, 3.8) is 0 Å². The summed E-state index contributed by atoms with van der Waals surface area (Å²) in [5.41, 5.74) is 7.25. The summed E-state index contributed by atoms with van der Waals surface area (Å²) in [4.78, 5) is 27.5. The van der Waals surface area contributed by atoms with Gasteiger partial charge < -0.3 is 25.4 Å². The van der Waals surface area contributed by atoms with Crippen LogP contribution in [0, 0.1) is 0 Å². The molecule has 1 aromatic carbocycles. The van der Waals surface area contributed by atoms with E-state index in [0.717, 1.165) is 6.04 Å². The van der Waals surface area contributed by atoms with Crippen molar-refractivity contribution in [3.05, 3.63) is 33.9 Å². The van der Waals surface area contributed by atoms with Crippen LogP contribution in [0.15, 0.2) is 18.2 Å². The lowest BCUT2D eigenvalue weighted by Crippen LogP contribution is -2.48. The summed E-state index contributed by atoms with van der Waals surface area (Å²) in [7, 11) is -1.29. The van der Waals surface area contributed by atoms with Crippen molar-refractivity contribution < 1.29 is 19.1 Å². The minimum absolute atomic E-state index is 0.0761. The number of carbonyl (C=O) groups is 2. The van der Waals surface area contributed by atoms with Gasteiger partial charge in [-0.05, 0) is 45.7 Å². The van der Waals surface area contributed by atoms with Gasteiger partial charge in [0.2, 0.25) is 0 Å². The van der Waals surface area contributed by atoms with E-state index in [1.165, 1.54) is 4.68 Å². The van der Waals surface area contributed by atoms with Gasteiger partial charge in [-0.15, -0.1) is 0 Å². The summed E-state index contributed by atoms with van der Waals surface area (Å²) in [6, 6.07) is 6.04. The van der Waals surface area contributed by atoms with Crippen LogP contribution in [0.3, 0.4) is 0 Å². The molecule has 12 heteroatoms. The van der Waals surface area contributed by atoms with E-state index in [1.54, 1.807) is 23.1 Å². The monoisotopic (exact) mass is 583 g/mol. The fourth-order valence-electron chi connectivity index (χ4n) is 4.01. The van der Waals surface area contributed by atoms with Crippen molar-refractivity contribution in [1.29, 1.82) is 0 Å². The average molecular weight is 585 g/mol. The molecule has 3 N–H and O–H groups in total. The number of ether oxygens (including phenoxy) is 2. The summed E-state index contributed by atoms with van der Waals surface area (Å²) in [5.74, 6) is -0.357. The molecule has 0 unspecified atom stereocenters. The van der Waals surface area contributed by atoms with Gasteiger partial charge in [-0.3, -0.25) is 4.79 Å². The largest absolute Gasteiger partial charge is 0.444 e. The van der Waals surface area contributed by atoms with Crippen LogP contribution in [0.1, 0.15) is 44.1 Å². The SMILES string of the molecule is CC(C)(C)OC(=O)N1CCC(NC(=O)c2c(N)c(-c3cccc(Cl)c3Cl)nn2COCC[Si](C)(C)C)CC1. The highest BCUT2D eigenvalue weighted by Gasteiger charge is 2.30. The van der Waals surface area contributed by atoms with Crippen LogP contribution in [0.25, 0.3) is 11.3 Å². The Labute approximate surface area is 235 Å². The van der Waals surface area contributed by atoms with Crippen molar-refractivity contribution in [2.75, 3.05) is 25.4 Å². The zero-order valence-electron chi connectivity index (χ0n) is 23.1. The summed E-state index contributed by atoms with van der Waals surface area (Å²) in [6.45, 7) is 13.9. The standard InChI is InChI=1S/C26H39Cl2N5O4Si/c1-26(2,3)37-25(35)32-12-10-17(11-13-32)30-24(34)23-21(29)22(18-8-7-9-19(27)20(18)28)31-33(23)16-36-14-15-38(4,5)6/h7-9,17H,10-16,29H2,1-6H3,(H,30,34). The molecule has 38 heavy (non-hydrogen) atoms. The molecule has 0 bridgehead atoms. The zero-order valence-corrected chi connectivity index (χ0v) is 25.6. The molecule has 9 nitrogen and oxygen atoms in total. The van der Waals surface area contributed by atoms with E-state index in [-0.39, 0.29) is 36.2 Å². The van der Waals surface area contributed by atoms with Gasteiger partial charge in [-0.1, -0.05) is 55.0 Å². The molecule has 1 fully saturated rings. The van der Waals surface area contributed by atoms with Crippen LogP contribution in [0.2, 0.25) is 35.7 Å². The summed E-state index contributed by atoms with van der Waals surface area (Å²) in [6.07, 6.45) is 0.848. The Hall–Kier alpha value is -2.27. The van der Waals surface area contributed by atoms with Crippen molar-refractivity contribution in [1.82, 2.24) is 20.0 Å². The number of aromatic nitrogens is 2. The van der Waals surface area contributed by atoms with E-state index in [4.69, 9.17) is 38.4 Å². The second-order valence-corrected chi connectivity index (χ2v) is 18.2. The van der Waals surface area contributed by atoms with Gasteiger partial charge in [0, 0.05) is 39.4 Å². The first-order valence-electron chi connectivity index (χ1n) is 12.8. The lowest BCUT2D eigenvalue weighted by Gasteiger charge is -2.33. The molecule has 1 aromatic heterocycles.